The summed E-state index contributed by atoms with van der Waals surface area (Å²) in [5.41, 5.74) is 2.16. The van der Waals surface area contributed by atoms with E-state index in [1.54, 1.807) is 10.9 Å². The lowest BCUT2D eigenvalue weighted by Gasteiger charge is -2.09. The molecule has 0 bridgehead atoms. The summed E-state index contributed by atoms with van der Waals surface area (Å²) in [6.07, 6.45) is 5.99. The average molecular weight is 243 g/mol. The fourth-order valence-electron chi connectivity index (χ4n) is 1.92. The minimum Gasteiger partial charge on any atom is -0.247 e. The Balaban J connectivity index is 1.92. The van der Waals surface area contributed by atoms with Crippen LogP contribution < -0.4 is 0 Å². The fourth-order valence-corrected chi connectivity index (χ4v) is 1.92. The second-order valence-electron chi connectivity index (χ2n) is 5.17. The van der Waals surface area contributed by atoms with Crippen molar-refractivity contribution in [3.63, 3.8) is 0 Å². The quantitative estimate of drug-likeness (QED) is 0.825. The molecule has 0 radical (unpaired) electrons. The molecule has 0 amide bonds. The van der Waals surface area contributed by atoms with Crippen LogP contribution in [0.4, 0.5) is 0 Å². The molecule has 2 heterocycles. The third-order valence-corrected chi connectivity index (χ3v) is 3.15. The summed E-state index contributed by atoms with van der Waals surface area (Å²) in [5, 5.41) is 7.80. The van der Waals surface area contributed by atoms with Crippen LogP contribution in [-0.2, 0) is 6.54 Å². The molecule has 0 atom stereocenters. The van der Waals surface area contributed by atoms with E-state index < -0.39 is 0 Å². The molecule has 0 N–H and O–H groups in total. The molecule has 5 nitrogen and oxygen atoms in total. The molecular formula is C13H17N5. The first kappa shape index (κ1) is 11.3. The van der Waals surface area contributed by atoms with Crippen LogP contribution in [0.1, 0.15) is 55.7 Å². The number of hydrogen-bond donors (Lipinski definition) is 0. The van der Waals surface area contributed by atoms with E-state index in [1.165, 1.54) is 12.8 Å². The van der Waals surface area contributed by atoms with Crippen molar-refractivity contribution in [2.24, 2.45) is 0 Å². The predicted molar refractivity (Wildman–Crippen MR) is 67.2 cm³/mol. The van der Waals surface area contributed by atoms with Gasteiger partial charge in [-0.1, -0.05) is 19.1 Å². The van der Waals surface area contributed by atoms with Gasteiger partial charge in [-0.2, -0.15) is 0 Å². The van der Waals surface area contributed by atoms with E-state index in [0.29, 0.717) is 18.4 Å². The summed E-state index contributed by atoms with van der Waals surface area (Å²) in [6.45, 7) is 5.00. The first-order valence-corrected chi connectivity index (χ1v) is 6.44. The Labute approximate surface area is 106 Å². The molecule has 3 rings (SSSR count). The zero-order chi connectivity index (χ0) is 12.5. The monoisotopic (exact) mass is 243 g/mol. The maximum absolute atomic E-state index is 4.67. The van der Waals surface area contributed by atoms with Crippen LogP contribution in [0.5, 0.6) is 0 Å². The van der Waals surface area contributed by atoms with Gasteiger partial charge < -0.3 is 0 Å². The van der Waals surface area contributed by atoms with Crippen molar-refractivity contribution in [3.05, 3.63) is 35.7 Å². The Morgan fingerprint density at radius 2 is 2.17 bits per heavy atom. The van der Waals surface area contributed by atoms with E-state index in [4.69, 9.17) is 0 Å². The van der Waals surface area contributed by atoms with Gasteiger partial charge in [-0.25, -0.2) is 14.6 Å². The maximum Gasteiger partial charge on any atom is 0.132 e. The molecule has 0 aliphatic heterocycles. The van der Waals surface area contributed by atoms with Crippen LogP contribution in [0, 0.1) is 0 Å². The summed E-state index contributed by atoms with van der Waals surface area (Å²) < 4.78 is 1.79. The van der Waals surface area contributed by atoms with Gasteiger partial charge >= 0.3 is 0 Å². The van der Waals surface area contributed by atoms with Crippen molar-refractivity contribution in [3.8, 4) is 0 Å². The van der Waals surface area contributed by atoms with E-state index in [1.807, 2.05) is 6.20 Å². The molecule has 1 aliphatic rings. The highest BCUT2D eigenvalue weighted by Crippen LogP contribution is 2.38. The summed E-state index contributed by atoms with van der Waals surface area (Å²) in [5.74, 6) is 2.02. The molecule has 1 aliphatic carbocycles. The molecule has 0 saturated heterocycles. The van der Waals surface area contributed by atoms with Crippen molar-refractivity contribution in [2.45, 2.75) is 45.1 Å². The van der Waals surface area contributed by atoms with Gasteiger partial charge in [0.1, 0.15) is 5.82 Å². The van der Waals surface area contributed by atoms with E-state index in [0.717, 1.165) is 17.2 Å². The molecule has 2 aromatic heterocycles. The third kappa shape index (κ3) is 2.39. The maximum atomic E-state index is 4.67. The van der Waals surface area contributed by atoms with Crippen molar-refractivity contribution >= 4 is 0 Å². The first-order valence-electron chi connectivity index (χ1n) is 6.44. The van der Waals surface area contributed by atoms with Gasteiger partial charge in [-0.3, -0.25) is 0 Å². The Morgan fingerprint density at radius 1 is 1.33 bits per heavy atom. The second kappa shape index (κ2) is 4.48. The normalized spacial score (nSPS) is 15.3. The number of rotatable bonds is 4. The van der Waals surface area contributed by atoms with Gasteiger partial charge in [0.25, 0.3) is 0 Å². The molecule has 5 heteroatoms. The highest BCUT2D eigenvalue weighted by Gasteiger charge is 2.27. The lowest BCUT2D eigenvalue weighted by Crippen LogP contribution is -2.08. The van der Waals surface area contributed by atoms with Crippen LogP contribution in [0.25, 0.3) is 0 Å². The zero-order valence-electron chi connectivity index (χ0n) is 10.7. The number of nitrogens with zero attached hydrogens (tertiary/aromatic N) is 5. The van der Waals surface area contributed by atoms with E-state index in [-0.39, 0.29) is 0 Å². The lowest BCUT2D eigenvalue weighted by molar-refractivity contribution is 0.629. The van der Waals surface area contributed by atoms with Gasteiger partial charge in [-0.05, 0) is 24.8 Å². The van der Waals surface area contributed by atoms with Crippen LogP contribution in [0.15, 0.2) is 18.5 Å². The molecule has 1 fully saturated rings. The Bertz CT molecular complexity index is 508. The highest BCUT2D eigenvalue weighted by molar-refractivity contribution is 5.18. The first-order chi connectivity index (χ1) is 8.72. The zero-order valence-corrected chi connectivity index (χ0v) is 10.7. The fraction of sp³-hybridized carbons (Fsp3) is 0.538. The average Bonchev–Trinajstić information content (AvgIpc) is 3.09. The Kier molecular flexibility index (Phi) is 2.81. The molecule has 2 aromatic rings. The van der Waals surface area contributed by atoms with Crippen molar-refractivity contribution in [2.75, 3.05) is 0 Å². The molecule has 94 valence electrons. The summed E-state index contributed by atoms with van der Waals surface area (Å²) >= 11 is 0. The SMILES string of the molecule is CC(C)c1cc(Cn2ccnn2)nc(C2CC2)n1. The lowest BCUT2D eigenvalue weighted by atomic mass is 10.1. The van der Waals surface area contributed by atoms with Gasteiger partial charge in [0.05, 0.1) is 18.4 Å². The van der Waals surface area contributed by atoms with Crippen LogP contribution >= 0.6 is 0 Å². The Morgan fingerprint density at radius 3 is 2.78 bits per heavy atom. The third-order valence-electron chi connectivity index (χ3n) is 3.15. The van der Waals surface area contributed by atoms with Crippen molar-refractivity contribution < 1.29 is 0 Å². The molecule has 0 aromatic carbocycles. The minimum absolute atomic E-state index is 0.431. The Hall–Kier alpha value is -1.78. The van der Waals surface area contributed by atoms with E-state index >= 15 is 0 Å². The molecule has 0 spiro atoms. The summed E-state index contributed by atoms with van der Waals surface area (Å²) in [6, 6.07) is 2.08. The van der Waals surface area contributed by atoms with Crippen LogP contribution in [0.3, 0.4) is 0 Å². The standard InChI is InChI=1S/C13H17N5/c1-9(2)12-7-11(8-18-6-5-14-17-18)15-13(16-12)10-3-4-10/h5-7,9-10H,3-4,8H2,1-2H3. The van der Waals surface area contributed by atoms with E-state index in [2.05, 4.69) is 40.2 Å². The molecule has 1 saturated carbocycles. The van der Waals surface area contributed by atoms with Crippen molar-refractivity contribution in [1.82, 2.24) is 25.0 Å². The van der Waals surface area contributed by atoms with Crippen LogP contribution in [0.2, 0.25) is 0 Å². The highest BCUT2D eigenvalue weighted by atomic mass is 15.4. The summed E-state index contributed by atoms with van der Waals surface area (Å²) in [4.78, 5) is 9.32. The predicted octanol–water partition coefficient (Wildman–Crippen LogP) is 2.12. The van der Waals surface area contributed by atoms with Gasteiger partial charge in [0, 0.05) is 17.8 Å². The number of aromatic nitrogens is 5. The molecular weight excluding hydrogens is 226 g/mol. The van der Waals surface area contributed by atoms with Crippen molar-refractivity contribution in [1.29, 1.82) is 0 Å². The smallest absolute Gasteiger partial charge is 0.132 e. The van der Waals surface area contributed by atoms with E-state index in [9.17, 15) is 0 Å². The minimum atomic E-state index is 0.431. The topological polar surface area (TPSA) is 56.5 Å². The number of hydrogen-bond acceptors (Lipinski definition) is 4. The largest absolute Gasteiger partial charge is 0.247 e. The molecule has 0 unspecified atom stereocenters. The van der Waals surface area contributed by atoms with Gasteiger partial charge in [-0.15, -0.1) is 5.10 Å². The van der Waals surface area contributed by atoms with Gasteiger partial charge in [0.2, 0.25) is 0 Å². The summed E-state index contributed by atoms with van der Waals surface area (Å²) in [7, 11) is 0. The molecule has 18 heavy (non-hydrogen) atoms. The second-order valence-corrected chi connectivity index (χ2v) is 5.17. The van der Waals surface area contributed by atoms with Gasteiger partial charge in [0.15, 0.2) is 0 Å². The van der Waals surface area contributed by atoms with Crippen LogP contribution in [-0.4, -0.2) is 25.0 Å².